The molecule has 1 N–H and O–H groups in total. The van der Waals surface area contributed by atoms with Gasteiger partial charge < -0.3 is 5.32 Å². The molecule has 1 rings (SSSR count). The van der Waals surface area contributed by atoms with E-state index < -0.39 is 0 Å². The molecule has 1 aliphatic heterocycles. The summed E-state index contributed by atoms with van der Waals surface area (Å²) < 4.78 is 0. The molecule has 0 amide bonds. The minimum atomic E-state index is 0.205. The van der Waals surface area contributed by atoms with Crippen LogP contribution in [0.15, 0.2) is 0 Å². The third kappa shape index (κ3) is 1.30. The van der Waals surface area contributed by atoms with Crippen molar-refractivity contribution in [3.63, 3.8) is 0 Å². The van der Waals surface area contributed by atoms with E-state index in [0.717, 1.165) is 13.1 Å². The minimum absolute atomic E-state index is 0.205. The summed E-state index contributed by atoms with van der Waals surface area (Å²) in [5.74, 6) is 2.75. The van der Waals surface area contributed by atoms with E-state index in [9.17, 15) is 4.79 Å². The SMILES string of the molecule is C#CCC(=O)C1CNC1. The summed E-state index contributed by atoms with van der Waals surface area (Å²) in [6.07, 6.45) is 5.25. The molecular weight excluding hydrogens is 114 g/mol. The van der Waals surface area contributed by atoms with Crippen molar-refractivity contribution >= 4 is 5.78 Å². The number of terminal acetylenes is 1. The monoisotopic (exact) mass is 123 g/mol. The first kappa shape index (κ1) is 6.31. The Kier molecular flexibility index (Phi) is 1.86. The molecule has 0 aromatic carbocycles. The van der Waals surface area contributed by atoms with Crippen LogP contribution in [0.3, 0.4) is 0 Å². The lowest BCUT2D eigenvalue weighted by Crippen LogP contribution is -2.46. The van der Waals surface area contributed by atoms with Gasteiger partial charge in [-0.2, -0.15) is 0 Å². The highest BCUT2D eigenvalue weighted by molar-refractivity contribution is 5.84. The molecular formula is C7H9NO. The van der Waals surface area contributed by atoms with Crippen LogP contribution < -0.4 is 5.32 Å². The van der Waals surface area contributed by atoms with Gasteiger partial charge in [0, 0.05) is 19.0 Å². The van der Waals surface area contributed by atoms with Crippen molar-refractivity contribution in [2.24, 2.45) is 5.92 Å². The molecule has 0 bridgehead atoms. The van der Waals surface area contributed by atoms with Crippen molar-refractivity contribution in [1.82, 2.24) is 5.32 Å². The van der Waals surface area contributed by atoms with Gasteiger partial charge in [-0.3, -0.25) is 4.79 Å². The third-order valence-electron chi connectivity index (χ3n) is 1.51. The maximum Gasteiger partial charge on any atom is 0.150 e. The molecule has 1 fully saturated rings. The topological polar surface area (TPSA) is 29.1 Å². The van der Waals surface area contributed by atoms with E-state index in [4.69, 9.17) is 6.42 Å². The van der Waals surface area contributed by atoms with Crippen LogP contribution in [0.1, 0.15) is 6.42 Å². The van der Waals surface area contributed by atoms with Gasteiger partial charge in [0.05, 0.1) is 6.42 Å². The Morgan fingerprint density at radius 3 is 2.78 bits per heavy atom. The highest BCUT2D eigenvalue weighted by atomic mass is 16.1. The Morgan fingerprint density at radius 2 is 2.44 bits per heavy atom. The molecule has 0 unspecified atom stereocenters. The summed E-state index contributed by atoms with van der Waals surface area (Å²) in [6.45, 7) is 1.64. The van der Waals surface area contributed by atoms with Crippen molar-refractivity contribution in [2.75, 3.05) is 13.1 Å². The highest BCUT2D eigenvalue weighted by Crippen LogP contribution is 2.05. The first-order valence-corrected chi connectivity index (χ1v) is 3.01. The quantitative estimate of drug-likeness (QED) is 0.515. The van der Waals surface area contributed by atoms with Crippen LogP contribution in [0.25, 0.3) is 0 Å². The molecule has 2 heteroatoms. The second-order valence-corrected chi connectivity index (χ2v) is 2.20. The average Bonchev–Trinajstić information content (AvgIpc) is 1.60. The Hall–Kier alpha value is -0.810. The molecule has 9 heavy (non-hydrogen) atoms. The van der Waals surface area contributed by atoms with Crippen LogP contribution in [0.5, 0.6) is 0 Å². The second kappa shape index (κ2) is 2.65. The molecule has 0 saturated carbocycles. The molecule has 0 aromatic heterocycles. The standard InChI is InChI=1S/C7H9NO/c1-2-3-7(9)6-4-8-5-6/h1,6,8H,3-5H2. The number of ketones is 1. The van der Waals surface area contributed by atoms with Crippen molar-refractivity contribution in [3.05, 3.63) is 0 Å². The summed E-state index contributed by atoms with van der Waals surface area (Å²) in [7, 11) is 0. The predicted molar refractivity (Wildman–Crippen MR) is 34.8 cm³/mol. The number of carbonyl (C=O) groups excluding carboxylic acids is 1. The molecule has 0 aromatic rings. The molecule has 2 nitrogen and oxygen atoms in total. The van der Waals surface area contributed by atoms with E-state index in [1.165, 1.54) is 0 Å². The summed E-state index contributed by atoms with van der Waals surface area (Å²) in [5.41, 5.74) is 0. The number of hydrogen-bond donors (Lipinski definition) is 1. The molecule has 48 valence electrons. The van der Waals surface area contributed by atoms with Crippen LogP contribution in [0.2, 0.25) is 0 Å². The van der Waals surface area contributed by atoms with Gasteiger partial charge in [0.25, 0.3) is 0 Å². The zero-order valence-electron chi connectivity index (χ0n) is 5.18. The van der Waals surface area contributed by atoms with Crippen LogP contribution in [0.4, 0.5) is 0 Å². The van der Waals surface area contributed by atoms with Crippen LogP contribution in [-0.4, -0.2) is 18.9 Å². The lowest BCUT2D eigenvalue weighted by molar-refractivity contribution is -0.123. The lowest BCUT2D eigenvalue weighted by atomic mass is 9.96. The van der Waals surface area contributed by atoms with E-state index in [1.807, 2.05) is 0 Å². The first-order chi connectivity index (χ1) is 4.34. The Bertz CT molecular complexity index is 153. The van der Waals surface area contributed by atoms with E-state index >= 15 is 0 Å². The third-order valence-corrected chi connectivity index (χ3v) is 1.51. The smallest absolute Gasteiger partial charge is 0.150 e. The minimum Gasteiger partial charge on any atom is -0.315 e. The Morgan fingerprint density at radius 1 is 1.78 bits per heavy atom. The summed E-state index contributed by atoms with van der Waals surface area (Å²) in [6, 6.07) is 0. The normalized spacial score (nSPS) is 18.1. The van der Waals surface area contributed by atoms with Crippen LogP contribution in [0, 0.1) is 18.3 Å². The summed E-state index contributed by atoms with van der Waals surface area (Å²) >= 11 is 0. The zero-order chi connectivity index (χ0) is 6.69. The highest BCUT2D eigenvalue weighted by Gasteiger charge is 2.23. The van der Waals surface area contributed by atoms with Gasteiger partial charge in [-0.05, 0) is 0 Å². The van der Waals surface area contributed by atoms with Gasteiger partial charge in [-0.1, -0.05) is 5.92 Å². The Balaban J connectivity index is 2.26. The number of Topliss-reactive ketones (excluding diaryl/α,β-unsaturated/α-hetero) is 1. The van der Waals surface area contributed by atoms with Gasteiger partial charge in [0.1, 0.15) is 5.78 Å². The van der Waals surface area contributed by atoms with E-state index in [0.29, 0.717) is 6.42 Å². The van der Waals surface area contributed by atoms with Gasteiger partial charge in [0.2, 0.25) is 0 Å². The summed E-state index contributed by atoms with van der Waals surface area (Å²) in [4.78, 5) is 10.8. The first-order valence-electron chi connectivity index (χ1n) is 3.01. The Labute approximate surface area is 54.6 Å². The number of nitrogens with one attached hydrogen (secondary N) is 1. The van der Waals surface area contributed by atoms with Crippen molar-refractivity contribution in [2.45, 2.75) is 6.42 Å². The molecule has 0 spiro atoms. The molecule has 1 aliphatic rings. The molecule has 0 atom stereocenters. The van der Waals surface area contributed by atoms with Gasteiger partial charge in [-0.15, -0.1) is 6.42 Å². The molecule has 1 saturated heterocycles. The van der Waals surface area contributed by atoms with Gasteiger partial charge in [-0.25, -0.2) is 0 Å². The number of hydrogen-bond acceptors (Lipinski definition) is 2. The van der Waals surface area contributed by atoms with Crippen molar-refractivity contribution in [3.8, 4) is 12.3 Å². The fraction of sp³-hybridized carbons (Fsp3) is 0.571. The lowest BCUT2D eigenvalue weighted by Gasteiger charge is -2.24. The second-order valence-electron chi connectivity index (χ2n) is 2.20. The fourth-order valence-corrected chi connectivity index (χ4v) is 0.761. The van der Waals surface area contributed by atoms with E-state index in [-0.39, 0.29) is 11.7 Å². The average molecular weight is 123 g/mol. The van der Waals surface area contributed by atoms with Gasteiger partial charge >= 0.3 is 0 Å². The molecule has 0 radical (unpaired) electrons. The number of rotatable bonds is 2. The molecule has 1 heterocycles. The van der Waals surface area contributed by atoms with Crippen LogP contribution >= 0.6 is 0 Å². The fourth-order valence-electron chi connectivity index (χ4n) is 0.761. The zero-order valence-corrected chi connectivity index (χ0v) is 5.18. The number of carbonyl (C=O) groups is 1. The van der Waals surface area contributed by atoms with E-state index in [1.54, 1.807) is 0 Å². The van der Waals surface area contributed by atoms with Crippen molar-refractivity contribution in [1.29, 1.82) is 0 Å². The van der Waals surface area contributed by atoms with Crippen LogP contribution in [-0.2, 0) is 4.79 Å². The molecule has 0 aliphatic carbocycles. The predicted octanol–water partition coefficient (Wildman–Crippen LogP) is -0.202. The van der Waals surface area contributed by atoms with E-state index in [2.05, 4.69) is 11.2 Å². The maximum atomic E-state index is 10.8. The van der Waals surface area contributed by atoms with Crippen molar-refractivity contribution < 1.29 is 4.79 Å². The maximum absolute atomic E-state index is 10.8. The largest absolute Gasteiger partial charge is 0.315 e. The summed E-state index contributed by atoms with van der Waals surface area (Å²) in [5, 5.41) is 3.01. The van der Waals surface area contributed by atoms with Gasteiger partial charge in [0.15, 0.2) is 0 Å².